The molecule has 55 heavy (non-hydrogen) atoms. The average Bonchev–Trinajstić information content (AvgIpc) is 3.56. The number of allylic oxidation sites excluding steroid dienone is 6. The molecule has 2 N–H and O–H groups in total. The number of amides is 1. The fourth-order valence-electron chi connectivity index (χ4n) is 7.62. The van der Waals surface area contributed by atoms with Crippen molar-refractivity contribution in [3.63, 3.8) is 0 Å². The van der Waals surface area contributed by atoms with E-state index in [0.717, 1.165) is 90.1 Å². The van der Waals surface area contributed by atoms with Crippen molar-refractivity contribution in [2.45, 2.75) is 104 Å². The Morgan fingerprint density at radius 3 is 2.53 bits per heavy atom. The number of hydrogen-bond acceptors (Lipinski definition) is 7. The Balaban J connectivity index is 1.41. The number of rotatable bonds is 18. The maximum atomic E-state index is 11.8. The van der Waals surface area contributed by atoms with Crippen LogP contribution in [-0.2, 0) is 26.9 Å². The Labute approximate surface area is 334 Å². The number of pyridine rings is 1. The van der Waals surface area contributed by atoms with E-state index in [1.807, 2.05) is 12.3 Å². The predicted molar refractivity (Wildman–Crippen MR) is 224 cm³/mol. The highest BCUT2D eigenvalue weighted by molar-refractivity contribution is 7.85. The quantitative estimate of drug-likeness (QED) is 0.0888. The molecule has 0 saturated carbocycles. The zero-order valence-corrected chi connectivity index (χ0v) is 35.1. The molecular weight excluding hydrogens is 732 g/mol. The van der Waals surface area contributed by atoms with Crippen LogP contribution in [0.5, 0.6) is 0 Å². The molecule has 0 aromatic carbocycles. The van der Waals surface area contributed by atoms with Crippen LogP contribution in [-0.4, -0.2) is 79.2 Å². The van der Waals surface area contributed by atoms with Gasteiger partial charge in [0.15, 0.2) is 5.71 Å². The molecular formula is C43H60ClN6O4S+. The highest BCUT2D eigenvalue weighted by Crippen LogP contribution is 2.44. The lowest BCUT2D eigenvalue weighted by Crippen LogP contribution is -2.34. The molecule has 0 fully saturated rings. The third-order valence-electron chi connectivity index (χ3n) is 11.1. The van der Waals surface area contributed by atoms with Crippen LogP contribution in [0.2, 0.25) is 0 Å². The Bertz CT molecular complexity index is 1970. The first-order valence-corrected chi connectivity index (χ1v) is 21.9. The number of aryl methyl sites for hydroxylation is 1. The highest BCUT2D eigenvalue weighted by Gasteiger charge is 2.42. The summed E-state index contributed by atoms with van der Waals surface area (Å²) in [5, 5.41) is 3.46. The van der Waals surface area contributed by atoms with Crippen LogP contribution >= 0.6 is 11.6 Å². The molecule has 0 aliphatic carbocycles. The number of hydrogen-bond donors (Lipinski definition) is 2. The lowest BCUT2D eigenvalue weighted by atomic mass is 9.81. The number of carbonyl (C=O) groups is 1. The molecule has 0 atom stereocenters. The molecule has 298 valence electrons. The van der Waals surface area contributed by atoms with E-state index in [9.17, 15) is 13.2 Å². The van der Waals surface area contributed by atoms with Gasteiger partial charge in [0.1, 0.15) is 5.84 Å². The number of halogens is 1. The smallest absolute Gasteiger partial charge is 0.327 e. The second kappa shape index (κ2) is 18.5. The Kier molecular flexibility index (Phi) is 14.3. The van der Waals surface area contributed by atoms with Crippen LogP contribution < -0.4 is 9.88 Å². The van der Waals surface area contributed by atoms with Crippen molar-refractivity contribution >= 4 is 45.0 Å². The van der Waals surface area contributed by atoms with E-state index >= 15 is 0 Å². The third kappa shape index (κ3) is 10.6. The molecule has 5 rings (SSSR count). The molecule has 1 aromatic heterocycles. The van der Waals surface area contributed by atoms with E-state index in [-0.39, 0.29) is 22.5 Å². The van der Waals surface area contributed by atoms with Crippen LogP contribution in [0.4, 0.5) is 5.82 Å². The molecule has 4 aliphatic rings. The van der Waals surface area contributed by atoms with Gasteiger partial charge in [-0.1, -0.05) is 63.4 Å². The van der Waals surface area contributed by atoms with Gasteiger partial charge in [-0.2, -0.15) is 8.42 Å². The molecule has 0 radical (unpaired) electrons. The van der Waals surface area contributed by atoms with Crippen LogP contribution in [0, 0.1) is 5.41 Å². The Hall–Kier alpha value is -3.64. The molecule has 1 amide bonds. The summed E-state index contributed by atoms with van der Waals surface area (Å²) in [6, 6.07) is 4.33. The van der Waals surface area contributed by atoms with Gasteiger partial charge in [0.25, 0.3) is 10.1 Å². The summed E-state index contributed by atoms with van der Waals surface area (Å²) in [5.74, 6) is 1.74. The van der Waals surface area contributed by atoms with Crippen LogP contribution in [0.1, 0.15) is 98.0 Å². The van der Waals surface area contributed by atoms with E-state index in [2.05, 4.69) is 103 Å². The van der Waals surface area contributed by atoms with Crippen molar-refractivity contribution in [2.75, 3.05) is 39.0 Å². The zero-order chi connectivity index (χ0) is 39.8. The van der Waals surface area contributed by atoms with Crippen LogP contribution in [0.15, 0.2) is 98.4 Å². The van der Waals surface area contributed by atoms with Crippen molar-refractivity contribution in [3.8, 4) is 0 Å². The maximum absolute atomic E-state index is 11.8. The van der Waals surface area contributed by atoms with Crippen molar-refractivity contribution in [3.05, 3.63) is 94.0 Å². The number of carbonyl (C=O) groups excluding carboxylic acids is 1. The summed E-state index contributed by atoms with van der Waals surface area (Å²) in [7, 11) is -2.30. The third-order valence-corrected chi connectivity index (χ3v) is 12.4. The molecule has 10 nitrogen and oxygen atoms in total. The summed E-state index contributed by atoms with van der Waals surface area (Å²) in [5.41, 5.74) is 5.76. The van der Waals surface area contributed by atoms with Crippen LogP contribution in [0.25, 0.3) is 0 Å². The molecule has 12 heteroatoms. The summed E-state index contributed by atoms with van der Waals surface area (Å²) < 4.78 is 33.9. The summed E-state index contributed by atoms with van der Waals surface area (Å²) in [6.45, 7) is 14.9. The molecule has 0 bridgehead atoms. The van der Waals surface area contributed by atoms with Crippen molar-refractivity contribution in [2.24, 2.45) is 15.4 Å². The van der Waals surface area contributed by atoms with E-state index < -0.39 is 10.1 Å². The molecule has 1 aromatic rings. The predicted octanol–water partition coefficient (Wildman–Crippen LogP) is 7.87. The van der Waals surface area contributed by atoms with Crippen molar-refractivity contribution in [1.29, 1.82) is 0 Å². The van der Waals surface area contributed by atoms with Gasteiger partial charge < -0.3 is 10.2 Å². The van der Waals surface area contributed by atoms with Gasteiger partial charge in [-0.25, -0.2) is 9.56 Å². The average molecular weight is 793 g/mol. The van der Waals surface area contributed by atoms with E-state index in [4.69, 9.17) is 26.1 Å². The first-order valence-electron chi connectivity index (χ1n) is 19.9. The fraction of sp³-hybridized carbons (Fsp3) is 0.535. The molecule has 0 spiro atoms. The lowest BCUT2D eigenvalue weighted by molar-refractivity contribution is -0.684. The van der Waals surface area contributed by atoms with Crippen molar-refractivity contribution < 1.29 is 22.3 Å². The standard InChI is InChI=1S/C43H59ClN6O4S/c1-7-8-11-25-49-27-15-17-34-40(49)46-36(42(34,2)3)22-20-32-30-48(24-12-9-10-19-38(51)45-6)31-33(39(32)44)21-23-37-43(4,5)35-18-16-28-50(41(35)47-37)26-13-14-29-55(52,53)54/h15-18,20-23,27-28H,7-14,19,24-26,29-31H2,1-6H3,(H-,45,51,52,53,54)/p+1. The molecule has 5 heterocycles. The topological polar surface area (TPSA) is 119 Å². The molecule has 4 aliphatic heterocycles. The zero-order valence-electron chi connectivity index (χ0n) is 33.6. The number of nitrogens with zero attached hydrogens (tertiary/aromatic N) is 5. The van der Waals surface area contributed by atoms with E-state index in [0.29, 0.717) is 32.4 Å². The minimum Gasteiger partial charge on any atom is -0.359 e. The van der Waals surface area contributed by atoms with Gasteiger partial charge >= 0.3 is 5.82 Å². The number of aliphatic imine (C=N–C) groups is 2. The number of fused-ring (bicyclic) bond motifs is 2. The summed E-state index contributed by atoms with van der Waals surface area (Å²) in [4.78, 5) is 26.6. The lowest BCUT2D eigenvalue weighted by Gasteiger charge is -2.30. The van der Waals surface area contributed by atoms with Gasteiger partial charge in [-0.15, -0.1) is 0 Å². The Morgan fingerprint density at radius 1 is 1.00 bits per heavy atom. The highest BCUT2D eigenvalue weighted by atomic mass is 35.5. The first kappa shape index (κ1) is 42.5. The fourth-order valence-corrected chi connectivity index (χ4v) is 8.43. The minimum atomic E-state index is -3.98. The van der Waals surface area contributed by atoms with Crippen molar-refractivity contribution in [1.82, 2.24) is 15.1 Å². The second-order valence-electron chi connectivity index (χ2n) is 16.0. The minimum absolute atomic E-state index is 0.0785. The van der Waals surface area contributed by atoms with E-state index in [1.54, 1.807) is 7.05 Å². The van der Waals surface area contributed by atoms with Gasteiger partial charge in [-0.3, -0.25) is 14.2 Å². The van der Waals surface area contributed by atoms with Crippen LogP contribution in [0.3, 0.4) is 0 Å². The molecule has 0 unspecified atom stereocenters. The maximum Gasteiger partial charge on any atom is 0.327 e. The summed E-state index contributed by atoms with van der Waals surface area (Å²) in [6.07, 6.45) is 24.6. The monoisotopic (exact) mass is 791 g/mol. The van der Waals surface area contributed by atoms with Gasteiger partial charge in [0.05, 0.1) is 35.2 Å². The number of nitrogens with one attached hydrogen (secondary N) is 1. The number of aromatic nitrogens is 1. The molecule has 0 saturated heterocycles. The Morgan fingerprint density at radius 2 is 1.78 bits per heavy atom. The SMILES string of the molecule is CCCCC[n+]1cccc2c1N=C(/C=C/C1=C(Cl)C(=C/C=C3/N=C4C(=CC=CN4CCCCS(=O)(=O)O)C3(C)C)/CN(CCCCCC(=O)NC)C1)C2(C)C. The summed E-state index contributed by atoms with van der Waals surface area (Å²) >= 11 is 7.28. The van der Waals surface area contributed by atoms with Gasteiger partial charge in [0, 0.05) is 55.3 Å². The number of amidine groups is 1. The normalized spacial score (nSPS) is 20.7. The van der Waals surface area contributed by atoms with Gasteiger partial charge in [-0.05, 0) is 105 Å². The number of unbranched alkanes of at least 4 members (excludes halogenated alkanes) is 5. The first-order chi connectivity index (χ1) is 26.2. The largest absolute Gasteiger partial charge is 0.359 e. The second-order valence-corrected chi connectivity index (χ2v) is 18.0. The van der Waals surface area contributed by atoms with E-state index in [1.165, 1.54) is 18.4 Å². The van der Waals surface area contributed by atoms with Gasteiger partial charge in [0.2, 0.25) is 5.91 Å².